The minimum atomic E-state index is 0.0208. The van der Waals surface area contributed by atoms with Gasteiger partial charge in [0.1, 0.15) is 0 Å². The molecule has 4 heteroatoms. The van der Waals surface area contributed by atoms with Crippen LogP contribution in [0.2, 0.25) is 10.0 Å². The maximum absolute atomic E-state index is 11.7. The maximum atomic E-state index is 11.7. The van der Waals surface area contributed by atoms with Gasteiger partial charge in [-0.2, -0.15) is 0 Å². The van der Waals surface area contributed by atoms with Gasteiger partial charge in [0.15, 0.2) is 0 Å². The summed E-state index contributed by atoms with van der Waals surface area (Å²) in [6.45, 7) is 0. The van der Waals surface area contributed by atoms with Gasteiger partial charge in [0, 0.05) is 12.6 Å². The Bertz CT molecular complexity index is 408. The SMILES string of the molecule is O=C1CCC=CN1c1c(Cl)cccc1Cl. The van der Waals surface area contributed by atoms with Crippen LogP contribution in [0.5, 0.6) is 0 Å². The number of carbonyl (C=O) groups is 1. The van der Waals surface area contributed by atoms with Crippen molar-refractivity contribution in [3.63, 3.8) is 0 Å². The van der Waals surface area contributed by atoms with Crippen molar-refractivity contribution in [2.75, 3.05) is 4.90 Å². The van der Waals surface area contributed by atoms with Crippen molar-refractivity contribution >= 4 is 34.8 Å². The van der Waals surface area contributed by atoms with Gasteiger partial charge in [0.25, 0.3) is 0 Å². The number of benzene rings is 1. The molecule has 1 aliphatic heterocycles. The van der Waals surface area contributed by atoms with Crippen molar-refractivity contribution in [3.05, 3.63) is 40.5 Å². The quantitative estimate of drug-likeness (QED) is 0.736. The highest BCUT2D eigenvalue weighted by Gasteiger charge is 2.20. The van der Waals surface area contributed by atoms with Crippen LogP contribution in [0, 0.1) is 0 Å². The molecule has 15 heavy (non-hydrogen) atoms. The minimum Gasteiger partial charge on any atom is -0.285 e. The maximum Gasteiger partial charge on any atom is 0.231 e. The summed E-state index contributed by atoms with van der Waals surface area (Å²) in [5.41, 5.74) is 0.571. The summed E-state index contributed by atoms with van der Waals surface area (Å²) < 4.78 is 0. The molecule has 0 aliphatic carbocycles. The lowest BCUT2D eigenvalue weighted by Gasteiger charge is -2.23. The van der Waals surface area contributed by atoms with Crippen molar-refractivity contribution in [1.82, 2.24) is 0 Å². The molecule has 1 aromatic rings. The van der Waals surface area contributed by atoms with Crippen LogP contribution in [-0.4, -0.2) is 5.91 Å². The van der Waals surface area contributed by atoms with E-state index in [2.05, 4.69) is 0 Å². The number of carbonyl (C=O) groups excluding carboxylic acids is 1. The molecule has 0 atom stereocenters. The smallest absolute Gasteiger partial charge is 0.231 e. The van der Waals surface area contributed by atoms with Crippen LogP contribution in [0.4, 0.5) is 5.69 Å². The van der Waals surface area contributed by atoms with Gasteiger partial charge < -0.3 is 0 Å². The third kappa shape index (κ3) is 2.01. The Morgan fingerprint density at radius 2 is 1.87 bits per heavy atom. The Hall–Kier alpha value is -0.990. The molecule has 1 heterocycles. The van der Waals surface area contributed by atoms with Crippen molar-refractivity contribution < 1.29 is 4.79 Å². The molecule has 1 amide bonds. The zero-order chi connectivity index (χ0) is 10.8. The highest BCUT2D eigenvalue weighted by Crippen LogP contribution is 2.35. The Morgan fingerprint density at radius 3 is 2.47 bits per heavy atom. The highest BCUT2D eigenvalue weighted by molar-refractivity contribution is 6.40. The minimum absolute atomic E-state index is 0.0208. The number of anilines is 1. The lowest BCUT2D eigenvalue weighted by Crippen LogP contribution is -2.27. The molecule has 0 unspecified atom stereocenters. The van der Waals surface area contributed by atoms with E-state index in [1.807, 2.05) is 6.08 Å². The monoisotopic (exact) mass is 241 g/mol. The first-order valence-corrected chi connectivity index (χ1v) is 5.38. The molecule has 1 aliphatic rings. The number of para-hydroxylation sites is 1. The van der Waals surface area contributed by atoms with Gasteiger partial charge in [-0.3, -0.25) is 9.69 Å². The first-order chi connectivity index (χ1) is 7.20. The van der Waals surface area contributed by atoms with Crippen molar-refractivity contribution in [3.8, 4) is 0 Å². The summed E-state index contributed by atoms with van der Waals surface area (Å²) in [7, 11) is 0. The number of allylic oxidation sites excluding steroid dienone is 1. The summed E-state index contributed by atoms with van der Waals surface area (Å²) in [6, 6.07) is 5.20. The van der Waals surface area contributed by atoms with Crippen molar-refractivity contribution in [1.29, 1.82) is 0 Å². The van der Waals surface area contributed by atoms with E-state index in [1.165, 1.54) is 4.90 Å². The standard InChI is InChI=1S/C11H9Cl2NO/c12-8-4-3-5-9(13)11(8)14-7-2-1-6-10(14)15/h2-5,7H,1,6H2. The van der Waals surface area contributed by atoms with E-state index in [0.717, 1.165) is 6.42 Å². The molecule has 0 bridgehead atoms. The van der Waals surface area contributed by atoms with Gasteiger partial charge in [-0.1, -0.05) is 35.3 Å². The summed E-state index contributed by atoms with van der Waals surface area (Å²) in [4.78, 5) is 13.2. The van der Waals surface area contributed by atoms with Crippen LogP contribution in [0.25, 0.3) is 0 Å². The zero-order valence-electron chi connectivity index (χ0n) is 7.91. The van der Waals surface area contributed by atoms with Gasteiger partial charge in [-0.05, 0) is 18.6 Å². The Labute approximate surface area is 98.1 Å². The lowest BCUT2D eigenvalue weighted by atomic mass is 10.2. The normalized spacial score (nSPS) is 15.9. The van der Waals surface area contributed by atoms with Gasteiger partial charge in [0.2, 0.25) is 5.91 Å². The van der Waals surface area contributed by atoms with Crippen LogP contribution in [0.1, 0.15) is 12.8 Å². The number of amides is 1. The van der Waals surface area contributed by atoms with Crippen LogP contribution in [-0.2, 0) is 4.79 Å². The molecule has 1 aromatic carbocycles. The first-order valence-electron chi connectivity index (χ1n) is 4.63. The van der Waals surface area contributed by atoms with Gasteiger partial charge in [-0.25, -0.2) is 0 Å². The van der Waals surface area contributed by atoms with E-state index < -0.39 is 0 Å². The molecule has 0 spiro atoms. The molecule has 78 valence electrons. The summed E-state index contributed by atoms with van der Waals surface area (Å²) >= 11 is 12.0. The molecule has 0 saturated heterocycles. The Kier molecular flexibility index (Phi) is 2.98. The second-order valence-electron chi connectivity index (χ2n) is 3.26. The number of hydrogen-bond acceptors (Lipinski definition) is 1. The van der Waals surface area contributed by atoms with Crippen molar-refractivity contribution in [2.24, 2.45) is 0 Å². The summed E-state index contributed by atoms with van der Waals surface area (Å²) in [5, 5.41) is 0.977. The van der Waals surface area contributed by atoms with E-state index in [1.54, 1.807) is 24.4 Å². The topological polar surface area (TPSA) is 20.3 Å². The van der Waals surface area contributed by atoms with E-state index in [-0.39, 0.29) is 5.91 Å². The fourth-order valence-corrected chi connectivity index (χ4v) is 2.09. The van der Waals surface area contributed by atoms with Crippen LogP contribution >= 0.6 is 23.2 Å². The predicted molar refractivity (Wildman–Crippen MR) is 62.3 cm³/mol. The number of nitrogens with zero attached hydrogens (tertiary/aromatic N) is 1. The molecular weight excluding hydrogens is 233 g/mol. The van der Waals surface area contributed by atoms with Crippen LogP contribution in [0.15, 0.2) is 30.5 Å². The van der Waals surface area contributed by atoms with Crippen LogP contribution in [0.3, 0.4) is 0 Å². The Morgan fingerprint density at radius 1 is 1.20 bits per heavy atom. The predicted octanol–water partition coefficient (Wildman–Crippen LogP) is 3.63. The van der Waals surface area contributed by atoms with Crippen LogP contribution < -0.4 is 4.90 Å². The second-order valence-corrected chi connectivity index (χ2v) is 4.07. The van der Waals surface area contributed by atoms with E-state index >= 15 is 0 Å². The summed E-state index contributed by atoms with van der Waals surface area (Å²) in [5.74, 6) is 0.0208. The van der Waals surface area contributed by atoms with E-state index in [9.17, 15) is 4.79 Å². The first kappa shape index (κ1) is 10.5. The fraction of sp³-hybridized carbons (Fsp3) is 0.182. The second kappa shape index (κ2) is 4.25. The molecular formula is C11H9Cl2NO. The molecule has 0 aromatic heterocycles. The molecule has 0 saturated carbocycles. The molecule has 2 nitrogen and oxygen atoms in total. The van der Waals surface area contributed by atoms with Gasteiger partial charge >= 0.3 is 0 Å². The number of hydrogen-bond donors (Lipinski definition) is 0. The molecule has 2 rings (SSSR count). The largest absolute Gasteiger partial charge is 0.285 e. The molecule has 0 N–H and O–H groups in total. The summed E-state index contributed by atoms with van der Waals surface area (Å²) in [6.07, 6.45) is 4.93. The Balaban J connectivity index is 2.48. The highest BCUT2D eigenvalue weighted by atomic mass is 35.5. The third-order valence-corrected chi connectivity index (χ3v) is 2.84. The van der Waals surface area contributed by atoms with Gasteiger partial charge in [0.05, 0.1) is 15.7 Å². The number of halogens is 2. The van der Waals surface area contributed by atoms with Gasteiger partial charge in [-0.15, -0.1) is 0 Å². The zero-order valence-corrected chi connectivity index (χ0v) is 9.42. The third-order valence-electron chi connectivity index (χ3n) is 2.23. The molecule has 0 radical (unpaired) electrons. The van der Waals surface area contributed by atoms with E-state index in [4.69, 9.17) is 23.2 Å². The average Bonchev–Trinajstić information content (AvgIpc) is 2.20. The fourth-order valence-electron chi connectivity index (χ4n) is 1.51. The van der Waals surface area contributed by atoms with Crippen molar-refractivity contribution in [2.45, 2.75) is 12.8 Å². The average molecular weight is 242 g/mol. The van der Waals surface area contributed by atoms with E-state index in [0.29, 0.717) is 22.2 Å². The molecule has 0 fully saturated rings. The number of rotatable bonds is 1. The lowest BCUT2D eigenvalue weighted by molar-refractivity contribution is -0.118.